The second-order valence-electron chi connectivity index (χ2n) is 5.55. The van der Waals surface area contributed by atoms with Crippen molar-refractivity contribution >= 4 is 23.4 Å². The number of rotatable bonds is 5. The fourth-order valence-electron chi connectivity index (χ4n) is 2.45. The van der Waals surface area contributed by atoms with Gasteiger partial charge in [0.25, 0.3) is 11.7 Å². The first-order chi connectivity index (χ1) is 12.8. The molecule has 3 aromatic rings. The van der Waals surface area contributed by atoms with Crippen molar-refractivity contribution in [3.05, 3.63) is 65.9 Å². The lowest BCUT2D eigenvalue weighted by molar-refractivity contribution is 0.102. The summed E-state index contributed by atoms with van der Waals surface area (Å²) in [6.45, 7) is 0. The molecule has 0 aliphatic rings. The molecular weight excluding hydrogens is 382 g/mol. The van der Waals surface area contributed by atoms with E-state index in [9.17, 15) is 22.4 Å². The van der Waals surface area contributed by atoms with Crippen LogP contribution in [0.1, 0.15) is 10.4 Å². The van der Waals surface area contributed by atoms with Crippen molar-refractivity contribution in [2.24, 2.45) is 7.05 Å². The first-order valence-electron chi connectivity index (χ1n) is 7.69. The highest BCUT2D eigenvalue weighted by molar-refractivity contribution is 7.99. The molecule has 0 bridgehead atoms. The van der Waals surface area contributed by atoms with E-state index < -0.39 is 23.3 Å². The zero-order valence-corrected chi connectivity index (χ0v) is 14.7. The van der Waals surface area contributed by atoms with Gasteiger partial charge in [0.15, 0.2) is 0 Å². The van der Waals surface area contributed by atoms with E-state index in [1.165, 1.54) is 41.2 Å². The SMILES string of the molecule is Cn1cc(C(=O)Nc2ccc(SC(F)F)cc2)c(-c2ccc(F)cc2F)n1. The maximum atomic E-state index is 14.1. The van der Waals surface area contributed by atoms with Crippen molar-refractivity contribution in [2.45, 2.75) is 10.7 Å². The van der Waals surface area contributed by atoms with Crippen LogP contribution in [-0.2, 0) is 7.05 Å². The summed E-state index contributed by atoms with van der Waals surface area (Å²) in [7, 11) is 1.57. The van der Waals surface area contributed by atoms with Crippen molar-refractivity contribution in [1.29, 1.82) is 0 Å². The van der Waals surface area contributed by atoms with Crippen molar-refractivity contribution in [3.8, 4) is 11.3 Å². The molecule has 9 heteroatoms. The molecule has 0 saturated carbocycles. The quantitative estimate of drug-likeness (QED) is 0.492. The predicted molar refractivity (Wildman–Crippen MR) is 94.8 cm³/mol. The number of alkyl halides is 2. The van der Waals surface area contributed by atoms with Crippen LogP contribution in [0, 0.1) is 11.6 Å². The Kier molecular flexibility index (Phi) is 5.50. The third-order valence-electron chi connectivity index (χ3n) is 3.60. The van der Waals surface area contributed by atoms with Gasteiger partial charge in [-0.25, -0.2) is 8.78 Å². The summed E-state index contributed by atoms with van der Waals surface area (Å²) in [6.07, 6.45) is 1.41. The summed E-state index contributed by atoms with van der Waals surface area (Å²) in [5, 5.41) is 6.70. The van der Waals surface area contributed by atoms with Crippen molar-refractivity contribution < 1.29 is 22.4 Å². The Balaban J connectivity index is 1.85. The van der Waals surface area contributed by atoms with Crippen LogP contribution >= 0.6 is 11.8 Å². The number of nitrogens with one attached hydrogen (secondary N) is 1. The predicted octanol–water partition coefficient (Wildman–Crippen LogP) is 4.93. The van der Waals surface area contributed by atoms with Gasteiger partial charge in [-0.2, -0.15) is 13.9 Å². The lowest BCUT2D eigenvalue weighted by Gasteiger charge is -2.07. The standard InChI is InChI=1S/C18H13F4N3OS/c1-25-9-14(16(24-25)13-7-2-10(19)8-15(13)20)17(26)23-11-3-5-12(6-4-11)27-18(21)22/h2-9,18H,1H3,(H,23,26). The Labute approximate surface area is 156 Å². The second-order valence-corrected chi connectivity index (χ2v) is 6.61. The first kappa shape index (κ1) is 19.0. The van der Waals surface area contributed by atoms with Crippen LogP contribution in [0.5, 0.6) is 0 Å². The maximum absolute atomic E-state index is 14.1. The van der Waals surface area contributed by atoms with Gasteiger partial charge in [-0.15, -0.1) is 0 Å². The first-order valence-corrected chi connectivity index (χ1v) is 8.57. The number of hydrogen-bond donors (Lipinski definition) is 1. The molecule has 0 saturated heterocycles. The average Bonchev–Trinajstić information content (AvgIpc) is 2.98. The average molecular weight is 395 g/mol. The number of thioether (sulfide) groups is 1. The van der Waals surface area contributed by atoms with Crippen LogP contribution in [0.2, 0.25) is 0 Å². The molecule has 0 spiro atoms. The number of aromatic nitrogens is 2. The molecular formula is C18H13F4N3OS. The van der Waals surface area contributed by atoms with Crippen LogP contribution in [0.25, 0.3) is 11.3 Å². The summed E-state index contributed by atoms with van der Waals surface area (Å²) in [5.74, 6) is -4.67. The minimum atomic E-state index is -2.53. The Bertz CT molecular complexity index is 973. The van der Waals surface area contributed by atoms with Gasteiger partial charge < -0.3 is 5.32 Å². The Morgan fingerprint density at radius 1 is 1.15 bits per heavy atom. The molecule has 0 atom stereocenters. The van der Waals surface area contributed by atoms with Gasteiger partial charge in [-0.05, 0) is 36.4 Å². The lowest BCUT2D eigenvalue weighted by Crippen LogP contribution is -2.12. The highest BCUT2D eigenvalue weighted by atomic mass is 32.2. The van der Waals surface area contributed by atoms with Crippen LogP contribution in [0.15, 0.2) is 53.6 Å². The van der Waals surface area contributed by atoms with E-state index in [0.29, 0.717) is 28.4 Å². The van der Waals surface area contributed by atoms with Crippen LogP contribution in [-0.4, -0.2) is 21.4 Å². The molecule has 0 unspecified atom stereocenters. The van der Waals surface area contributed by atoms with E-state index in [1.807, 2.05) is 0 Å². The monoisotopic (exact) mass is 395 g/mol. The molecule has 0 fully saturated rings. The molecule has 4 nitrogen and oxygen atoms in total. The number of benzene rings is 2. The summed E-state index contributed by atoms with van der Waals surface area (Å²) in [6, 6.07) is 8.88. The Morgan fingerprint density at radius 3 is 2.48 bits per heavy atom. The fourth-order valence-corrected chi connectivity index (χ4v) is 2.95. The lowest BCUT2D eigenvalue weighted by atomic mass is 10.1. The smallest absolute Gasteiger partial charge is 0.288 e. The molecule has 0 aliphatic carbocycles. The van der Waals surface area contributed by atoms with Gasteiger partial charge in [0.05, 0.1) is 5.56 Å². The largest absolute Gasteiger partial charge is 0.322 e. The Morgan fingerprint density at radius 2 is 1.85 bits per heavy atom. The van der Waals surface area contributed by atoms with Crippen LogP contribution in [0.3, 0.4) is 0 Å². The molecule has 0 aliphatic heterocycles. The Hall–Kier alpha value is -2.81. The molecule has 1 heterocycles. The number of halogens is 4. The fraction of sp³-hybridized carbons (Fsp3) is 0.111. The highest BCUT2D eigenvalue weighted by Gasteiger charge is 2.20. The van der Waals surface area contributed by atoms with E-state index in [4.69, 9.17) is 0 Å². The molecule has 0 radical (unpaired) electrons. The number of carbonyl (C=O) groups is 1. The van der Waals surface area contributed by atoms with Crippen molar-refractivity contribution in [2.75, 3.05) is 5.32 Å². The van der Waals surface area contributed by atoms with Gasteiger partial charge in [0, 0.05) is 35.5 Å². The van der Waals surface area contributed by atoms with Crippen molar-refractivity contribution in [3.63, 3.8) is 0 Å². The normalized spacial score (nSPS) is 11.0. The van der Waals surface area contributed by atoms with Gasteiger partial charge in [0.2, 0.25) is 0 Å². The summed E-state index contributed by atoms with van der Waals surface area (Å²) >= 11 is 0.397. The zero-order valence-electron chi connectivity index (χ0n) is 13.9. The number of amides is 1. The second kappa shape index (κ2) is 7.83. The summed E-state index contributed by atoms with van der Waals surface area (Å²) in [4.78, 5) is 12.9. The molecule has 1 aromatic heterocycles. The molecule has 1 N–H and O–H groups in total. The minimum Gasteiger partial charge on any atom is -0.322 e. The van der Waals surface area contributed by atoms with Crippen LogP contribution in [0.4, 0.5) is 23.2 Å². The maximum Gasteiger partial charge on any atom is 0.288 e. The van der Waals surface area contributed by atoms with Gasteiger partial charge in [0.1, 0.15) is 17.3 Å². The molecule has 140 valence electrons. The molecule has 2 aromatic carbocycles. The minimum absolute atomic E-state index is 0.00849. The van der Waals surface area contributed by atoms with Gasteiger partial charge in [-0.1, -0.05) is 11.8 Å². The van der Waals surface area contributed by atoms with E-state index >= 15 is 0 Å². The number of anilines is 1. The van der Waals surface area contributed by atoms with E-state index in [2.05, 4.69) is 10.4 Å². The molecule has 27 heavy (non-hydrogen) atoms. The molecule has 1 amide bonds. The number of nitrogens with zero attached hydrogens (tertiary/aromatic N) is 2. The topological polar surface area (TPSA) is 46.9 Å². The third kappa shape index (κ3) is 4.48. The zero-order chi connectivity index (χ0) is 19.6. The third-order valence-corrected chi connectivity index (χ3v) is 4.32. The van der Waals surface area contributed by atoms with Crippen LogP contribution < -0.4 is 5.32 Å². The van der Waals surface area contributed by atoms with E-state index in [0.717, 1.165) is 6.07 Å². The summed E-state index contributed by atoms with van der Waals surface area (Å²) < 4.78 is 53.3. The number of carbonyl (C=O) groups excluding carboxylic acids is 1. The molecule has 3 rings (SSSR count). The number of hydrogen-bond acceptors (Lipinski definition) is 3. The van der Waals surface area contributed by atoms with Crippen molar-refractivity contribution in [1.82, 2.24) is 9.78 Å². The van der Waals surface area contributed by atoms with Gasteiger partial charge in [-0.3, -0.25) is 9.48 Å². The number of aryl methyl sites for hydroxylation is 1. The van der Waals surface area contributed by atoms with Gasteiger partial charge >= 0.3 is 0 Å². The van der Waals surface area contributed by atoms with E-state index in [-0.39, 0.29) is 16.8 Å². The van der Waals surface area contributed by atoms with E-state index in [1.54, 1.807) is 7.05 Å². The summed E-state index contributed by atoms with van der Waals surface area (Å²) in [5.41, 5.74) is 0.533. The highest BCUT2D eigenvalue weighted by Crippen LogP contribution is 2.28.